The molecule has 18 heavy (non-hydrogen) atoms. The van der Waals surface area contributed by atoms with Crippen LogP contribution in [0.15, 0.2) is 0 Å². The molecule has 3 nitrogen and oxygen atoms in total. The van der Waals surface area contributed by atoms with Gasteiger partial charge in [-0.25, -0.2) is 0 Å². The molecule has 1 aliphatic carbocycles. The first-order valence-corrected chi connectivity index (χ1v) is 7.38. The fourth-order valence-electron chi connectivity index (χ4n) is 2.91. The molecule has 0 aromatic carbocycles. The molecule has 1 aliphatic rings. The molecule has 1 heterocycles. The van der Waals surface area contributed by atoms with Crippen molar-refractivity contribution in [2.24, 2.45) is 0 Å². The maximum atomic E-state index is 10.8. The number of halogens is 1. The van der Waals surface area contributed by atoms with Crippen molar-refractivity contribution in [2.75, 3.05) is 0 Å². The van der Waals surface area contributed by atoms with Crippen molar-refractivity contribution in [1.82, 2.24) is 9.78 Å². The van der Waals surface area contributed by atoms with Gasteiger partial charge in [-0.1, -0.05) is 37.3 Å². The second kappa shape index (κ2) is 5.62. The molecule has 0 spiro atoms. The summed E-state index contributed by atoms with van der Waals surface area (Å²) in [6.45, 7) is 4.79. The van der Waals surface area contributed by atoms with Gasteiger partial charge in [0.05, 0.1) is 22.0 Å². The summed E-state index contributed by atoms with van der Waals surface area (Å²) < 4.78 is 1.93. The highest BCUT2D eigenvalue weighted by Crippen LogP contribution is 2.33. The smallest absolute Gasteiger partial charge is 0.0848 e. The topological polar surface area (TPSA) is 38.0 Å². The Kier molecular flexibility index (Phi) is 4.33. The van der Waals surface area contributed by atoms with E-state index in [-0.39, 0.29) is 0 Å². The van der Waals surface area contributed by atoms with Gasteiger partial charge in [-0.15, -0.1) is 0 Å². The summed E-state index contributed by atoms with van der Waals surface area (Å²) in [5, 5.41) is 15.9. The quantitative estimate of drug-likeness (QED) is 0.854. The van der Waals surface area contributed by atoms with Crippen LogP contribution >= 0.6 is 11.6 Å². The van der Waals surface area contributed by atoms with E-state index < -0.39 is 5.60 Å². The molecule has 2 rings (SSSR count). The molecule has 1 N–H and O–H groups in total. The Bertz CT molecular complexity index is 406. The zero-order valence-electron chi connectivity index (χ0n) is 11.4. The van der Waals surface area contributed by atoms with Gasteiger partial charge >= 0.3 is 0 Å². The third-order valence-electron chi connectivity index (χ3n) is 3.98. The Hall–Kier alpha value is -0.540. The number of aromatic nitrogens is 2. The first kappa shape index (κ1) is 13.9. The van der Waals surface area contributed by atoms with Crippen LogP contribution in [-0.2, 0) is 13.0 Å². The fourth-order valence-corrected chi connectivity index (χ4v) is 3.12. The second-order valence-corrected chi connectivity index (χ2v) is 5.86. The summed E-state index contributed by atoms with van der Waals surface area (Å²) >= 11 is 6.32. The van der Waals surface area contributed by atoms with Gasteiger partial charge in [0.2, 0.25) is 0 Å². The lowest BCUT2D eigenvalue weighted by Crippen LogP contribution is -2.31. The van der Waals surface area contributed by atoms with Gasteiger partial charge in [0, 0.05) is 13.0 Å². The highest BCUT2D eigenvalue weighted by atomic mass is 35.5. The van der Waals surface area contributed by atoms with Gasteiger partial charge in [-0.05, 0) is 26.7 Å². The lowest BCUT2D eigenvalue weighted by molar-refractivity contribution is 0.0234. The average Bonchev–Trinajstić information content (AvgIpc) is 2.54. The predicted octanol–water partition coefficient (Wildman–Crippen LogP) is 3.49. The Morgan fingerprint density at radius 3 is 2.44 bits per heavy atom. The standard InChI is InChI=1S/C14H23ClN2O/c1-3-17-12(13(15)11(2)16-17)10-14(18)8-6-4-5-7-9-14/h18H,3-10H2,1-2H3. The number of hydrogen-bond donors (Lipinski definition) is 1. The Morgan fingerprint density at radius 1 is 1.28 bits per heavy atom. The van der Waals surface area contributed by atoms with E-state index in [0.717, 1.165) is 48.6 Å². The van der Waals surface area contributed by atoms with Gasteiger partial charge in [-0.3, -0.25) is 4.68 Å². The Morgan fingerprint density at radius 2 is 1.89 bits per heavy atom. The summed E-state index contributed by atoms with van der Waals surface area (Å²) in [4.78, 5) is 0. The van der Waals surface area contributed by atoms with Crippen LogP contribution in [0, 0.1) is 6.92 Å². The molecular formula is C14H23ClN2O. The molecule has 1 aromatic heterocycles. The summed E-state index contributed by atoms with van der Waals surface area (Å²) in [6.07, 6.45) is 7.13. The van der Waals surface area contributed by atoms with Gasteiger partial charge < -0.3 is 5.11 Å². The molecule has 0 unspecified atom stereocenters. The lowest BCUT2D eigenvalue weighted by atomic mass is 9.89. The number of aliphatic hydroxyl groups is 1. The minimum atomic E-state index is -0.584. The van der Waals surface area contributed by atoms with Gasteiger partial charge in [0.15, 0.2) is 0 Å². The van der Waals surface area contributed by atoms with Crippen molar-refractivity contribution in [3.8, 4) is 0 Å². The lowest BCUT2D eigenvalue weighted by Gasteiger charge is -2.27. The van der Waals surface area contributed by atoms with Crippen LogP contribution in [-0.4, -0.2) is 20.5 Å². The minimum Gasteiger partial charge on any atom is -0.389 e. The van der Waals surface area contributed by atoms with Crippen LogP contribution in [0.5, 0.6) is 0 Å². The Balaban J connectivity index is 2.21. The number of hydrogen-bond acceptors (Lipinski definition) is 2. The zero-order valence-corrected chi connectivity index (χ0v) is 12.1. The van der Waals surface area contributed by atoms with E-state index in [4.69, 9.17) is 11.6 Å². The first-order chi connectivity index (χ1) is 8.56. The van der Waals surface area contributed by atoms with Crippen molar-refractivity contribution in [3.63, 3.8) is 0 Å². The molecule has 0 amide bonds. The summed E-state index contributed by atoms with van der Waals surface area (Å²) in [7, 11) is 0. The zero-order chi connectivity index (χ0) is 13.2. The average molecular weight is 271 g/mol. The molecule has 1 saturated carbocycles. The van der Waals surface area contributed by atoms with Crippen LogP contribution < -0.4 is 0 Å². The second-order valence-electron chi connectivity index (χ2n) is 5.48. The van der Waals surface area contributed by atoms with E-state index in [0.29, 0.717) is 6.42 Å². The van der Waals surface area contributed by atoms with Gasteiger partial charge in [0.1, 0.15) is 0 Å². The van der Waals surface area contributed by atoms with Crippen molar-refractivity contribution in [1.29, 1.82) is 0 Å². The van der Waals surface area contributed by atoms with Gasteiger partial charge in [-0.2, -0.15) is 5.10 Å². The van der Waals surface area contributed by atoms with E-state index in [1.807, 2.05) is 11.6 Å². The molecule has 0 saturated heterocycles. The van der Waals surface area contributed by atoms with E-state index in [1.54, 1.807) is 0 Å². The Labute approximate surface area is 114 Å². The molecule has 0 radical (unpaired) electrons. The van der Waals surface area contributed by atoms with E-state index in [2.05, 4.69) is 12.0 Å². The molecule has 1 fully saturated rings. The van der Waals surface area contributed by atoms with Crippen LogP contribution in [0.25, 0.3) is 0 Å². The van der Waals surface area contributed by atoms with Crippen molar-refractivity contribution in [3.05, 3.63) is 16.4 Å². The molecule has 102 valence electrons. The number of rotatable bonds is 3. The third-order valence-corrected chi connectivity index (χ3v) is 4.48. The van der Waals surface area contributed by atoms with Crippen molar-refractivity contribution in [2.45, 2.75) is 70.9 Å². The molecule has 0 atom stereocenters. The first-order valence-electron chi connectivity index (χ1n) is 7.00. The SMILES string of the molecule is CCn1nc(C)c(Cl)c1CC1(O)CCCCCC1. The van der Waals surface area contributed by atoms with E-state index in [1.165, 1.54) is 12.8 Å². The molecule has 0 bridgehead atoms. The molecule has 1 aromatic rings. The monoisotopic (exact) mass is 270 g/mol. The van der Waals surface area contributed by atoms with Crippen LogP contribution in [0.4, 0.5) is 0 Å². The summed E-state index contributed by atoms with van der Waals surface area (Å²) in [6, 6.07) is 0. The summed E-state index contributed by atoms with van der Waals surface area (Å²) in [5.74, 6) is 0. The molecule has 0 aliphatic heterocycles. The molecule has 4 heteroatoms. The number of aryl methyl sites for hydroxylation is 2. The third kappa shape index (κ3) is 2.89. The largest absolute Gasteiger partial charge is 0.389 e. The van der Waals surface area contributed by atoms with E-state index >= 15 is 0 Å². The van der Waals surface area contributed by atoms with Crippen molar-refractivity contribution >= 4 is 11.6 Å². The maximum Gasteiger partial charge on any atom is 0.0848 e. The minimum absolute atomic E-state index is 0.584. The predicted molar refractivity (Wildman–Crippen MR) is 74.0 cm³/mol. The van der Waals surface area contributed by atoms with Crippen LogP contribution in [0.2, 0.25) is 5.02 Å². The highest BCUT2D eigenvalue weighted by Gasteiger charge is 2.31. The highest BCUT2D eigenvalue weighted by molar-refractivity contribution is 6.31. The molecular weight excluding hydrogens is 248 g/mol. The normalized spacial score (nSPS) is 19.8. The van der Waals surface area contributed by atoms with Crippen molar-refractivity contribution < 1.29 is 5.11 Å². The van der Waals surface area contributed by atoms with Crippen LogP contribution in [0.3, 0.4) is 0 Å². The van der Waals surface area contributed by atoms with E-state index in [9.17, 15) is 5.11 Å². The maximum absolute atomic E-state index is 10.8. The fraction of sp³-hybridized carbons (Fsp3) is 0.786. The van der Waals surface area contributed by atoms with Crippen LogP contribution in [0.1, 0.15) is 56.8 Å². The summed E-state index contributed by atoms with van der Waals surface area (Å²) in [5.41, 5.74) is 1.28. The van der Waals surface area contributed by atoms with Gasteiger partial charge in [0.25, 0.3) is 0 Å². The number of nitrogens with zero attached hydrogens (tertiary/aromatic N) is 2.